The smallest absolute Gasteiger partial charge is 0.337 e. The van der Waals surface area contributed by atoms with E-state index in [2.05, 4.69) is 15.9 Å². The van der Waals surface area contributed by atoms with Crippen molar-refractivity contribution in [3.63, 3.8) is 0 Å². The first-order valence-corrected chi connectivity index (χ1v) is 5.14. The van der Waals surface area contributed by atoms with Gasteiger partial charge in [-0.05, 0) is 18.1 Å². The Balaban J connectivity index is 3.27. The molecule has 0 aliphatic carbocycles. The van der Waals surface area contributed by atoms with Gasteiger partial charge >= 0.3 is 5.97 Å². The van der Waals surface area contributed by atoms with Crippen molar-refractivity contribution in [2.24, 2.45) is 0 Å². The van der Waals surface area contributed by atoms with Gasteiger partial charge in [-0.25, -0.2) is 4.79 Å². The summed E-state index contributed by atoms with van der Waals surface area (Å²) in [5.41, 5.74) is 1.11. The summed E-state index contributed by atoms with van der Waals surface area (Å²) in [7, 11) is 0. The normalized spacial score (nSPS) is 9.43. The monoisotopic (exact) mass is 253 g/mol. The van der Waals surface area contributed by atoms with Crippen molar-refractivity contribution in [2.45, 2.75) is 6.42 Å². The van der Waals surface area contributed by atoms with Gasteiger partial charge in [0, 0.05) is 5.33 Å². The zero-order valence-electron chi connectivity index (χ0n) is 7.33. The molecule has 4 heteroatoms. The number of benzene rings is 1. The fourth-order valence-electron chi connectivity index (χ4n) is 1.22. The highest BCUT2D eigenvalue weighted by atomic mass is 79.9. The molecule has 0 unspecified atom stereocenters. The SMILES string of the molecule is N#Cc1c(CCBr)cccc1C(=O)O. The van der Waals surface area contributed by atoms with E-state index in [1.54, 1.807) is 12.1 Å². The van der Waals surface area contributed by atoms with Gasteiger partial charge in [0.1, 0.15) is 6.07 Å². The fraction of sp³-hybridized carbons (Fsp3) is 0.200. The molecule has 1 aromatic rings. The van der Waals surface area contributed by atoms with E-state index in [1.807, 2.05) is 6.07 Å². The highest BCUT2D eigenvalue weighted by molar-refractivity contribution is 9.09. The van der Waals surface area contributed by atoms with Crippen LogP contribution in [0.25, 0.3) is 0 Å². The van der Waals surface area contributed by atoms with Gasteiger partial charge in [0.25, 0.3) is 0 Å². The van der Waals surface area contributed by atoms with Gasteiger partial charge in [0.15, 0.2) is 0 Å². The second-order valence-corrected chi connectivity index (χ2v) is 3.49. The molecule has 0 atom stereocenters. The lowest BCUT2D eigenvalue weighted by Gasteiger charge is -2.04. The molecule has 0 amide bonds. The summed E-state index contributed by atoms with van der Waals surface area (Å²) in [6, 6.07) is 6.80. The first-order chi connectivity index (χ1) is 6.70. The Hall–Kier alpha value is -1.34. The molecular formula is C10H8BrNO2. The molecule has 0 bridgehead atoms. The van der Waals surface area contributed by atoms with E-state index in [0.717, 1.165) is 5.56 Å². The summed E-state index contributed by atoms with van der Waals surface area (Å²) in [5.74, 6) is -1.06. The second-order valence-electron chi connectivity index (χ2n) is 2.70. The molecule has 0 saturated carbocycles. The van der Waals surface area contributed by atoms with E-state index in [1.165, 1.54) is 6.07 Å². The van der Waals surface area contributed by atoms with E-state index in [0.29, 0.717) is 11.8 Å². The topological polar surface area (TPSA) is 61.1 Å². The Kier molecular flexibility index (Phi) is 3.66. The Morgan fingerprint density at radius 1 is 1.57 bits per heavy atom. The molecular weight excluding hydrogens is 246 g/mol. The molecule has 0 radical (unpaired) electrons. The summed E-state index contributed by atoms with van der Waals surface area (Å²) < 4.78 is 0. The summed E-state index contributed by atoms with van der Waals surface area (Å²) >= 11 is 3.25. The van der Waals surface area contributed by atoms with E-state index in [4.69, 9.17) is 10.4 Å². The summed E-state index contributed by atoms with van der Waals surface area (Å²) in [5, 5.41) is 18.4. The maximum absolute atomic E-state index is 10.8. The minimum Gasteiger partial charge on any atom is -0.478 e. The third-order valence-corrected chi connectivity index (χ3v) is 2.25. The van der Waals surface area contributed by atoms with Crippen LogP contribution in [0.5, 0.6) is 0 Å². The van der Waals surface area contributed by atoms with E-state index < -0.39 is 5.97 Å². The number of nitriles is 1. The first kappa shape index (κ1) is 10.7. The largest absolute Gasteiger partial charge is 0.478 e. The maximum atomic E-state index is 10.8. The standard InChI is InChI=1S/C10H8BrNO2/c11-5-4-7-2-1-3-8(10(13)14)9(7)6-12/h1-3H,4-5H2,(H,13,14). The van der Waals surface area contributed by atoms with Crippen LogP contribution in [-0.2, 0) is 6.42 Å². The average Bonchev–Trinajstić information content (AvgIpc) is 2.18. The number of carboxylic acid groups (broad SMARTS) is 1. The zero-order chi connectivity index (χ0) is 10.6. The Bertz CT molecular complexity index is 396. The van der Waals surface area contributed by atoms with Crippen molar-refractivity contribution in [1.29, 1.82) is 5.26 Å². The van der Waals surface area contributed by atoms with Crippen molar-refractivity contribution in [3.8, 4) is 6.07 Å². The molecule has 1 rings (SSSR count). The predicted molar refractivity (Wildman–Crippen MR) is 55.6 cm³/mol. The first-order valence-electron chi connectivity index (χ1n) is 4.02. The third-order valence-electron chi connectivity index (χ3n) is 1.86. The number of aromatic carboxylic acids is 1. The van der Waals surface area contributed by atoms with E-state index >= 15 is 0 Å². The molecule has 0 aliphatic heterocycles. The van der Waals surface area contributed by atoms with Crippen LogP contribution in [0, 0.1) is 11.3 Å². The highest BCUT2D eigenvalue weighted by Crippen LogP contribution is 2.15. The van der Waals surface area contributed by atoms with Gasteiger partial charge in [0.05, 0.1) is 11.1 Å². The van der Waals surface area contributed by atoms with Crippen LogP contribution in [0.3, 0.4) is 0 Å². The van der Waals surface area contributed by atoms with Crippen molar-refractivity contribution in [2.75, 3.05) is 5.33 Å². The van der Waals surface area contributed by atoms with Crippen molar-refractivity contribution >= 4 is 21.9 Å². The molecule has 0 fully saturated rings. The van der Waals surface area contributed by atoms with Crippen molar-refractivity contribution < 1.29 is 9.90 Å². The number of hydrogen-bond donors (Lipinski definition) is 1. The molecule has 0 saturated heterocycles. The van der Waals surface area contributed by atoms with Crippen molar-refractivity contribution in [3.05, 3.63) is 34.9 Å². The Morgan fingerprint density at radius 3 is 2.79 bits per heavy atom. The van der Waals surface area contributed by atoms with Crippen LogP contribution in [0.1, 0.15) is 21.5 Å². The fourth-order valence-corrected chi connectivity index (χ4v) is 1.65. The minimum absolute atomic E-state index is 0.0750. The number of alkyl halides is 1. The lowest BCUT2D eigenvalue weighted by Crippen LogP contribution is -2.03. The van der Waals surface area contributed by atoms with Crippen molar-refractivity contribution in [1.82, 2.24) is 0 Å². The predicted octanol–water partition coefficient (Wildman–Crippen LogP) is 2.19. The highest BCUT2D eigenvalue weighted by Gasteiger charge is 2.12. The molecule has 14 heavy (non-hydrogen) atoms. The van der Waals surface area contributed by atoms with Crippen LogP contribution in [0.15, 0.2) is 18.2 Å². The zero-order valence-corrected chi connectivity index (χ0v) is 8.91. The van der Waals surface area contributed by atoms with Crippen LogP contribution < -0.4 is 0 Å². The Morgan fingerprint density at radius 2 is 2.29 bits per heavy atom. The lowest BCUT2D eigenvalue weighted by molar-refractivity contribution is 0.0696. The molecule has 72 valence electrons. The summed E-state index contributed by atoms with van der Waals surface area (Å²) in [6.45, 7) is 0. The number of halogens is 1. The van der Waals surface area contributed by atoms with Gasteiger partial charge in [-0.2, -0.15) is 5.26 Å². The van der Waals surface area contributed by atoms with Gasteiger partial charge in [-0.3, -0.25) is 0 Å². The molecule has 0 heterocycles. The van der Waals surface area contributed by atoms with Crippen LogP contribution in [0.4, 0.5) is 0 Å². The molecule has 0 aromatic heterocycles. The quantitative estimate of drug-likeness (QED) is 0.841. The molecule has 1 aromatic carbocycles. The minimum atomic E-state index is -1.06. The molecule has 0 aliphatic rings. The summed E-state index contributed by atoms with van der Waals surface area (Å²) in [4.78, 5) is 10.8. The second kappa shape index (κ2) is 4.77. The van der Waals surface area contributed by atoms with E-state index in [9.17, 15) is 4.79 Å². The van der Waals surface area contributed by atoms with E-state index in [-0.39, 0.29) is 11.1 Å². The van der Waals surface area contributed by atoms with Crippen LogP contribution in [-0.4, -0.2) is 16.4 Å². The number of nitrogens with zero attached hydrogens (tertiary/aromatic N) is 1. The van der Waals surface area contributed by atoms with Gasteiger partial charge in [-0.1, -0.05) is 28.1 Å². The summed E-state index contributed by atoms with van der Waals surface area (Å²) in [6.07, 6.45) is 0.657. The molecule has 1 N–H and O–H groups in total. The average molecular weight is 254 g/mol. The molecule has 0 spiro atoms. The third kappa shape index (κ3) is 2.12. The lowest BCUT2D eigenvalue weighted by atomic mass is 10.0. The Labute approximate surface area is 90.1 Å². The maximum Gasteiger partial charge on any atom is 0.337 e. The van der Waals surface area contributed by atoms with Gasteiger partial charge < -0.3 is 5.11 Å². The van der Waals surface area contributed by atoms with Crippen LogP contribution >= 0.6 is 15.9 Å². The molecule has 3 nitrogen and oxygen atoms in total. The van der Waals surface area contributed by atoms with Gasteiger partial charge in [-0.15, -0.1) is 0 Å². The number of hydrogen-bond acceptors (Lipinski definition) is 2. The van der Waals surface area contributed by atoms with Gasteiger partial charge in [0.2, 0.25) is 0 Å². The number of carboxylic acids is 1. The number of carbonyl (C=O) groups is 1. The number of aryl methyl sites for hydroxylation is 1. The number of rotatable bonds is 3. The van der Waals surface area contributed by atoms with Crippen LogP contribution in [0.2, 0.25) is 0 Å².